The maximum absolute atomic E-state index is 10.7. The van der Waals surface area contributed by atoms with Crippen LogP contribution >= 0.6 is 11.6 Å². The Morgan fingerprint density at radius 3 is 2.72 bits per heavy atom. The summed E-state index contributed by atoms with van der Waals surface area (Å²) in [5, 5.41) is 12.6. The molecule has 5 heteroatoms. The fraction of sp³-hybridized carbons (Fsp3) is 0.462. The zero-order chi connectivity index (χ0) is 13.8. The van der Waals surface area contributed by atoms with Gasteiger partial charge in [0.05, 0.1) is 13.5 Å². The molecule has 1 aromatic carbocycles. The monoisotopic (exact) mass is 271 g/mol. The maximum atomic E-state index is 10.7. The van der Waals surface area contributed by atoms with Crippen molar-refractivity contribution in [1.82, 2.24) is 5.32 Å². The van der Waals surface area contributed by atoms with Crippen LogP contribution < -0.4 is 10.1 Å². The third-order valence-electron chi connectivity index (χ3n) is 2.59. The van der Waals surface area contributed by atoms with Crippen LogP contribution in [0.25, 0.3) is 0 Å². The lowest BCUT2D eigenvalue weighted by Gasteiger charge is -2.25. The zero-order valence-corrected chi connectivity index (χ0v) is 11.5. The van der Waals surface area contributed by atoms with E-state index in [1.54, 1.807) is 19.2 Å². The van der Waals surface area contributed by atoms with Crippen LogP contribution in [0.2, 0.25) is 5.02 Å². The van der Waals surface area contributed by atoms with Crippen LogP contribution in [0.5, 0.6) is 5.75 Å². The largest absolute Gasteiger partial charge is 0.496 e. The molecule has 0 unspecified atom stereocenters. The topological polar surface area (TPSA) is 58.6 Å². The first-order valence-electron chi connectivity index (χ1n) is 5.63. The highest BCUT2D eigenvalue weighted by Crippen LogP contribution is 2.23. The van der Waals surface area contributed by atoms with Gasteiger partial charge in [-0.2, -0.15) is 0 Å². The second kappa shape index (κ2) is 6.07. The van der Waals surface area contributed by atoms with Crippen molar-refractivity contribution < 1.29 is 14.6 Å². The van der Waals surface area contributed by atoms with Crippen LogP contribution in [-0.2, 0) is 11.3 Å². The number of ether oxygens (including phenoxy) is 1. The molecule has 0 aromatic heterocycles. The molecular weight excluding hydrogens is 254 g/mol. The summed E-state index contributed by atoms with van der Waals surface area (Å²) < 4.78 is 5.23. The van der Waals surface area contributed by atoms with Crippen molar-refractivity contribution in [3.8, 4) is 5.75 Å². The van der Waals surface area contributed by atoms with Crippen molar-refractivity contribution in [3.05, 3.63) is 28.8 Å². The van der Waals surface area contributed by atoms with Crippen LogP contribution in [0.3, 0.4) is 0 Å². The number of carboxylic acids is 1. The summed E-state index contributed by atoms with van der Waals surface area (Å²) in [6.45, 7) is 4.19. The van der Waals surface area contributed by atoms with Crippen molar-refractivity contribution in [2.24, 2.45) is 0 Å². The predicted molar refractivity (Wildman–Crippen MR) is 71.2 cm³/mol. The molecular formula is C13H18ClNO3. The van der Waals surface area contributed by atoms with Gasteiger partial charge in [0.1, 0.15) is 5.75 Å². The lowest BCUT2D eigenvalue weighted by atomic mass is 10.0. The molecule has 1 aromatic rings. The lowest BCUT2D eigenvalue weighted by Crippen LogP contribution is -2.40. The SMILES string of the molecule is COc1ccc(Cl)cc1CNC(C)(C)CC(=O)O. The Morgan fingerprint density at radius 2 is 2.17 bits per heavy atom. The number of benzene rings is 1. The lowest BCUT2D eigenvalue weighted by molar-refractivity contribution is -0.138. The van der Waals surface area contributed by atoms with E-state index >= 15 is 0 Å². The number of carbonyl (C=O) groups is 1. The van der Waals surface area contributed by atoms with E-state index in [1.165, 1.54) is 0 Å². The third kappa shape index (κ3) is 4.55. The normalized spacial score (nSPS) is 11.3. The third-order valence-corrected chi connectivity index (χ3v) is 2.83. The molecule has 0 heterocycles. The van der Waals surface area contributed by atoms with Crippen molar-refractivity contribution in [3.63, 3.8) is 0 Å². The predicted octanol–water partition coefficient (Wildman–Crippen LogP) is 2.69. The van der Waals surface area contributed by atoms with Gasteiger partial charge >= 0.3 is 5.97 Å². The quantitative estimate of drug-likeness (QED) is 0.835. The molecule has 0 radical (unpaired) electrons. The average molecular weight is 272 g/mol. The molecule has 4 nitrogen and oxygen atoms in total. The summed E-state index contributed by atoms with van der Waals surface area (Å²) >= 11 is 5.93. The number of hydrogen-bond donors (Lipinski definition) is 2. The average Bonchev–Trinajstić information content (AvgIpc) is 2.25. The molecule has 18 heavy (non-hydrogen) atoms. The summed E-state index contributed by atoms with van der Waals surface area (Å²) in [5.74, 6) is -0.0939. The second-order valence-electron chi connectivity index (χ2n) is 4.76. The highest BCUT2D eigenvalue weighted by atomic mass is 35.5. The van der Waals surface area contributed by atoms with E-state index in [0.29, 0.717) is 11.6 Å². The molecule has 0 fully saturated rings. The molecule has 1 rings (SSSR count). The van der Waals surface area contributed by atoms with E-state index in [2.05, 4.69) is 5.32 Å². The molecule has 0 spiro atoms. The van der Waals surface area contributed by atoms with Gasteiger partial charge in [0.25, 0.3) is 0 Å². The van der Waals surface area contributed by atoms with Crippen LogP contribution in [0.1, 0.15) is 25.8 Å². The number of rotatable bonds is 6. The Bertz CT molecular complexity index is 432. The Balaban J connectivity index is 2.73. The van der Waals surface area contributed by atoms with E-state index in [9.17, 15) is 4.79 Å². The van der Waals surface area contributed by atoms with Gasteiger partial charge in [0, 0.05) is 22.7 Å². The van der Waals surface area contributed by atoms with Crippen molar-refractivity contribution >= 4 is 17.6 Å². The van der Waals surface area contributed by atoms with Gasteiger partial charge < -0.3 is 15.2 Å². The van der Waals surface area contributed by atoms with Crippen LogP contribution in [0, 0.1) is 0 Å². The standard InChI is InChI=1S/C13H18ClNO3/c1-13(2,7-12(16)17)15-8-9-6-10(14)4-5-11(9)18-3/h4-6,15H,7-8H2,1-3H3,(H,16,17). The zero-order valence-electron chi connectivity index (χ0n) is 10.8. The van der Waals surface area contributed by atoms with E-state index in [-0.39, 0.29) is 6.42 Å². The first-order valence-corrected chi connectivity index (χ1v) is 6.01. The smallest absolute Gasteiger partial charge is 0.305 e. The summed E-state index contributed by atoms with van der Waals surface area (Å²) in [6.07, 6.45) is 0.0515. The van der Waals surface area contributed by atoms with Crippen molar-refractivity contribution in [1.29, 1.82) is 0 Å². The van der Waals surface area contributed by atoms with Crippen LogP contribution in [-0.4, -0.2) is 23.7 Å². The Morgan fingerprint density at radius 1 is 1.50 bits per heavy atom. The fourth-order valence-electron chi connectivity index (χ4n) is 1.66. The van der Waals surface area contributed by atoms with Gasteiger partial charge in [0.2, 0.25) is 0 Å². The van der Waals surface area contributed by atoms with Gasteiger partial charge in [-0.05, 0) is 32.0 Å². The van der Waals surface area contributed by atoms with Gasteiger partial charge in [-0.25, -0.2) is 0 Å². The summed E-state index contributed by atoms with van der Waals surface area (Å²) in [5.41, 5.74) is 0.419. The number of aliphatic carboxylic acids is 1. The van der Waals surface area contributed by atoms with Gasteiger partial charge in [-0.3, -0.25) is 4.79 Å². The highest BCUT2D eigenvalue weighted by molar-refractivity contribution is 6.30. The number of hydrogen-bond acceptors (Lipinski definition) is 3. The van der Waals surface area contributed by atoms with E-state index in [4.69, 9.17) is 21.4 Å². The number of methoxy groups -OCH3 is 1. The van der Waals surface area contributed by atoms with Gasteiger partial charge in [-0.1, -0.05) is 11.6 Å². The summed E-state index contributed by atoms with van der Waals surface area (Å²) in [7, 11) is 1.59. The van der Waals surface area contributed by atoms with Crippen LogP contribution in [0.4, 0.5) is 0 Å². The molecule has 0 saturated carbocycles. The minimum atomic E-state index is -0.828. The van der Waals surface area contributed by atoms with Crippen LogP contribution in [0.15, 0.2) is 18.2 Å². The Labute approximate surface area is 112 Å². The second-order valence-corrected chi connectivity index (χ2v) is 5.20. The molecule has 0 atom stereocenters. The van der Waals surface area contributed by atoms with Gasteiger partial charge in [-0.15, -0.1) is 0 Å². The molecule has 2 N–H and O–H groups in total. The minimum Gasteiger partial charge on any atom is -0.496 e. The van der Waals surface area contributed by atoms with E-state index in [1.807, 2.05) is 19.9 Å². The van der Waals surface area contributed by atoms with Gasteiger partial charge in [0.15, 0.2) is 0 Å². The maximum Gasteiger partial charge on any atom is 0.305 e. The van der Waals surface area contributed by atoms with Crippen molar-refractivity contribution in [2.45, 2.75) is 32.4 Å². The summed E-state index contributed by atoms with van der Waals surface area (Å²) in [4.78, 5) is 10.7. The number of carboxylic acid groups (broad SMARTS) is 1. The molecule has 0 aliphatic rings. The molecule has 0 bridgehead atoms. The number of halogens is 1. The Hall–Kier alpha value is -1.26. The van der Waals surface area contributed by atoms with Crippen molar-refractivity contribution in [2.75, 3.05) is 7.11 Å². The molecule has 0 amide bonds. The van der Waals surface area contributed by atoms with E-state index < -0.39 is 11.5 Å². The molecule has 100 valence electrons. The Kier molecular flexibility index (Phi) is 4.99. The fourth-order valence-corrected chi connectivity index (χ4v) is 1.86. The molecule has 0 aliphatic heterocycles. The van der Waals surface area contributed by atoms with E-state index in [0.717, 1.165) is 11.3 Å². The minimum absolute atomic E-state index is 0.0515. The molecule has 0 saturated heterocycles. The summed E-state index contributed by atoms with van der Waals surface area (Å²) in [6, 6.07) is 5.36. The first kappa shape index (κ1) is 14.8. The molecule has 0 aliphatic carbocycles. The number of nitrogens with one attached hydrogen (secondary N) is 1. The highest BCUT2D eigenvalue weighted by Gasteiger charge is 2.21. The first-order chi connectivity index (χ1) is 8.34.